The summed E-state index contributed by atoms with van der Waals surface area (Å²) >= 11 is 0. The molecule has 1 N–H and O–H groups in total. The molecule has 3 heteroatoms. The van der Waals surface area contributed by atoms with Crippen LogP contribution in [0.4, 0.5) is 0 Å². The third-order valence-corrected chi connectivity index (χ3v) is 8.35. The lowest BCUT2D eigenvalue weighted by Gasteiger charge is -2.44. The lowest BCUT2D eigenvalue weighted by molar-refractivity contribution is 1.08. The van der Waals surface area contributed by atoms with E-state index in [1.807, 2.05) is 0 Å². The van der Waals surface area contributed by atoms with Crippen LogP contribution >= 0.6 is 20.4 Å². The molecule has 0 rings (SSSR count). The van der Waals surface area contributed by atoms with Crippen LogP contribution in [0.5, 0.6) is 0 Å². The van der Waals surface area contributed by atoms with Crippen LogP contribution in [0.2, 0.25) is 0 Å². The number of rotatable bonds is 6. The second kappa shape index (κ2) is 5.52. The van der Waals surface area contributed by atoms with Gasteiger partial charge in [-0.2, -0.15) is 20.4 Å². The second-order valence-electron chi connectivity index (χ2n) is 4.57. The van der Waals surface area contributed by atoms with E-state index in [9.17, 15) is 0 Å². The molecule has 0 bridgehead atoms. The van der Waals surface area contributed by atoms with Crippen LogP contribution < -0.4 is 4.13 Å². The van der Waals surface area contributed by atoms with E-state index in [1.165, 1.54) is 24.3 Å². The fourth-order valence-electron chi connectivity index (χ4n) is 1.71. The molecule has 0 aromatic heterocycles. The van der Waals surface area contributed by atoms with Crippen molar-refractivity contribution in [1.29, 1.82) is 0 Å². The fourth-order valence-corrected chi connectivity index (χ4v) is 9.31. The van der Waals surface area contributed by atoms with E-state index in [1.54, 1.807) is 0 Å². The van der Waals surface area contributed by atoms with Crippen LogP contribution in [-0.4, -0.2) is 36.5 Å². The number of hydrogen-bond acceptors (Lipinski definition) is 1. The Bertz CT molecular complexity index is 128. The number of nitrogens with one attached hydrogen (secondary N) is 1. The highest BCUT2D eigenvalue weighted by molar-refractivity contribution is 8.45. The molecule has 0 fully saturated rings. The third-order valence-electron chi connectivity index (χ3n) is 1.88. The highest BCUT2D eigenvalue weighted by Crippen LogP contribution is 2.49. The van der Waals surface area contributed by atoms with E-state index >= 15 is 0 Å². The molecular formula is C10H27NS2. The molecule has 0 heterocycles. The molecule has 0 saturated carbocycles. The van der Waals surface area contributed by atoms with Crippen molar-refractivity contribution in [2.45, 2.75) is 26.7 Å². The van der Waals surface area contributed by atoms with Gasteiger partial charge in [-0.25, -0.2) is 4.13 Å². The summed E-state index contributed by atoms with van der Waals surface area (Å²) in [5, 5.41) is 0. The molecule has 1 nitrogen and oxygen atoms in total. The zero-order valence-electron chi connectivity index (χ0n) is 10.1. The molecule has 84 valence electrons. The number of hydrogen-bond donors (Lipinski definition) is 1. The lowest BCUT2D eigenvalue weighted by atomic mass is 10.6. The molecule has 0 aromatic rings. The Morgan fingerprint density at radius 3 is 1.31 bits per heavy atom. The van der Waals surface area contributed by atoms with E-state index in [-0.39, 0.29) is 0 Å². The molecule has 0 aliphatic rings. The van der Waals surface area contributed by atoms with Crippen molar-refractivity contribution >= 4 is 20.4 Å². The topological polar surface area (TPSA) is 12.0 Å². The molecule has 13 heavy (non-hydrogen) atoms. The monoisotopic (exact) mass is 225 g/mol. The van der Waals surface area contributed by atoms with Gasteiger partial charge in [-0.1, -0.05) is 13.8 Å². The van der Waals surface area contributed by atoms with Gasteiger partial charge in [0.25, 0.3) is 0 Å². The van der Waals surface area contributed by atoms with Crippen molar-refractivity contribution in [3.63, 3.8) is 0 Å². The maximum atomic E-state index is 3.90. The summed E-state index contributed by atoms with van der Waals surface area (Å²) in [6, 6.07) is 0. The minimum atomic E-state index is -0.524. The summed E-state index contributed by atoms with van der Waals surface area (Å²) in [5.41, 5.74) is 0. The van der Waals surface area contributed by atoms with Crippen LogP contribution in [0.15, 0.2) is 0 Å². The molecule has 0 aliphatic heterocycles. The van der Waals surface area contributed by atoms with Crippen LogP contribution in [0.3, 0.4) is 0 Å². The summed E-state index contributed by atoms with van der Waals surface area (Å²) in [7, 11) is -1.05. The highest BCUT2D eigenvalue weighted by Gasteiger charge is 2.18. The predicted octanol–water partition coefficient (Wildman–Crippen LogP) is 3.35. The van der Waals surface area contributed by atoms with Gasteiger partial charge in [0.05, 0.1) is 0 Å². The third kappa shape index (κ3) is 6.69. The Hall–Kier alpha value is 0.660. The molecule has 0 atom stereocenters. The Morgan fingerprint density at radius 2 is 1.08 bits per heavy atom. The molecule has 0 aromatic carbocycles. The Balaban J connectivity index is 4.07. The summed E-state index contributed by atoms with van der Waals surface area (Å²) in [5.74, 6) is 2.71. The molecule has 0 unspecified atom stereocenters. The van der Waals surface area contributed by atoms with E-state index < -0.39 is 20.4 Å². The van der Waals surface area contributed by atoms with E-state index in [4.69, 9.17) is 0 Å². The lowest BCUT2D eigenvalue weighted by Crippen LogP contribution is -2.26. The summed E-state index contributed by atoms with van der Waals surface area (Å²) < 4.78 is 3.90. The van der Waals surface area contributed by atoms with Gasteiger partial charge in [-0.15, -0.1) is 0 Å². The first-order chi connectivity index (χ1) is 5.83. The largest absolute Gasteiger partial charge is 0.245 e. The van der Waals surface area contributed by atoms with Crippen molar-refractivity contribution in [1.82, 2.24) is 4.13 Å². The maximum Gasteiger partial charge on any atom is -0.0110 e. The second-order valence-corrected chi connectivity index (χ2v) is 12.2. The Labute approximate surface area is 88.0 Å². The smallest absolute Gasteiger partial charge is 0.0110 e. The van der Waals surface area contributed by atoms with Crippen molar-refractivity contribution in [3.8, 4) is 0 Å². The van der Waals surface area contributed by atoms with Gasteiger partial charge in [0, 0.05) is 0 Å². The van der Waals surface area contributed by atoms with Gasteiger partial charge in [-0.05, 0) is 49.4 Å². The molecule has 0 radical (unpaired) electrons. The molecule has 0 spiro atoms. The van der Waals surface area contributed by atoms with Crippen molar-refractivity contribution in [2.75, 3.05) is 36.5 Å². The average Bonchev–Trinajstić information content (AvgIpc) is 1.82. The van der Waals surface area contributed by atoms with Gasteiger partial charge < -0.3 is 0 Å². The normalized spacial score (nSPS) is 15.8. The molecule has 0 aliphatic carbocycles. The van der Waals surface area contributed by atoms with Gasteiger partial charge in [0.15, 0.2) is 0 Å². The summed E-state index contributed by atoms with van der Waals surface area (Å²) in [4.78, 5) is 0. The fraction of sp³-hybridized carbons (Fsp3) is 1.00. The van der Waals surface area contributed by atoms with Crippen LogP contribution in [0.1, 0.15) is 26.7 Å². The Kier molecular flexibility index (Phi) is 5.80. The molecular weight excluding hydrogens is 198 g/mol. The quantitative estimate of drug-likeness (QED) is 0.731. The SMILES string of the molecule is CCCS(C)(C)NS(C)(C)CCC. The summed E-state index contributed by atoms with van der Waals surface area (Å²) in [6.45, 7) is 4.55. The van der Waals surface area contributed by atoms with Gasteiger partial charge in [0.1, 0.15) is 0 Å². The zero-order chi connectivity index (χ0) is 10.5. The first-order valence-electron chi connectivity index (χ1n) is 5.03. The van der Waals surface area contributed by atoms with E-state index in [0.29, 0.717) is 0 Å². The van der Waals surface area contributed by atoms with Crippen LogP contribution in [0.25, 0.3) is 0 Å². The van der Waals surface area contributed by atoms with Crippen molar-refractivity contribution < 1.29 is 0 Å². The first-order valence-corrected chi connectivity index (χ1v) is 10.3. The predicted molar refractivity (Wildman–Crippen MR) is 72.3 cm³/mol. The Morgan fingerprint density at radius 1 is 0.769 bits per heavy atom. The van der Waals surface area contributed by atoms with Gasteiger partial charge >= 0.3 is 0 Å². The minimum absolute atomic E-state index is 0.524. The minimum Gasteiger partial charge on any atom is -0.245 e. The van der Waals surface area contributed by atoms with Crippen LogP contribution in [0, 0.1) is 0 Å². The van der Waals surface area contributed by atoms with E-state index in [0.717, 1.165) is 0 Å². The molecule has 0 saturated heterocycles. The zero-order valence-corrected chi connectivity index (χ0v) is 11.8. The highest BCUT2D eigenvalue weighted by atomic mass is 32.3. The first kappa shape index (κ1) is 13.7. The average molecular weight is 225 g/mol. The van der Waals surface area contributed by atoms with Gasteiger partial charge in [0.2, 0.25) is 0 Å². The molecule has 0 amide bonds. The van der Waals surface area contributed by atoms with Gasteiger partial charge in [-0.3, -0.25) is 0 Å². The standard InChI is InChI=1S/C10H27NS2/c1-7-9-12(3,4)11-13(5,6)10-8-2/h11H,7-10H2,1-6H3. The van der Waals surface area contributed by atoms with E-state index in [2.05, 4.69) is 43.0 Å². The van der Waals surface area contributed by atoms with Crippen molar-refractivity contribution in [2.24, 2.45) is 0 Å². The van der Waals surface area contributed by atoms with Crippen LogP contribution in [-0.2, 0) is 0 Å². The summed E-state index contributed by atoms with van der Waals surface area (Å²) in [6.07, 6.45) is 12.2. The maximum absolute atomic E-state index is 3.90. The van der Waals surface area contributed by atoms with Crippen molar-refractivity contribution in [3.05, 3.63) is 0 Å².